The van der Waals surface area contributed by atoms with Crippen molar-refractivity contribution >= 4 is 34.5 Å². The van der Waals surface area contributed by atoms with E-state index in [1.807, 2.05) is 12.1 Å². The maximum absolute atomic E-state index is 10.7. The maximum atomic E-state index is 10.7. The molecule has 0 radical (unpaired) electrons. The van der Waals surface area contributed by atoms with Crippen LogP contribution in [0.4, 0.5) is 5.69 Å². The molecule has 0 saturated heterocycles. The van der Waals surface area contributed by atoms with Crippen molar-refractivity contribution in [2.24, 2.45) is 5.92 Å². The Hall–Kier alpha value is -1.69. The standard InChI is InChI=1S/C11H13N3O2S/c1-6(10(15)16)5-17-11-13-8-3-2-7(12)4-9(8)14-11/h2-4,6H,5,12H2,1H3,(H,13,14)(H,15,16). The van der Waals surface area contributed by atoms with Crippen molar-refractivity contribution in [1.82, 2.24) is 9.97 Å². The minimum Gasteiger partial charge on any atom is -0.481 e. The first kappa shape index (κ1) is 11.8. The molecule has 2 aromatic rings. The van der Waals surface area contributed by atoms with Gasteiger partial charge in [0, 0.05) is 11.4 Å². The minimum atomic E-state index is -0.794. The highest BCUT2D eigenvalue weighted by atomic mass is 32.2. The van der Waals surface area contributed by atoms with Crippen LogP contribution in [0.2, 0.25) is 0 Å². The number of imidazole rings is 1. The summed E-state index contributed by atoms with van der Waals surface area (Å²) >= 11 is 1.40. The van der Waals surface area contributed by atoms with Crippen molar-refractivity contribution in [3.63, 3.8) is 0 Å². The number of nitrogen functional groups attached to an aromatic ring is 1. The average molecular weight is 251 g/mol. The van der Waals surface area contributed by atoms with Gasteiger partial charge in [-0.2, -0.15) is 0 Å². The highest BCUT2D eigenvalue weighted by Crippen LogP contribution is 2.22. The van der Waals surface area contributed by atoms with Gasteiger partial charge in [-0.3, -0.25) is 4.79 Å². The molecule has 0 aliphatic rings. The van der Waals surface area contributed by atoms with Crippen molar-refractivity contribution in [3.8, 4) is 0 Å². The number of hydrogen-bond acceptors (Lipinski definition) is 4. The van der Waals surface area contributed by atoms with Gasteiger partial charge in [0.2, 0.25) is 0 Å². The number of rotatable bonds is 4. The number of thioether (sulfide) groups is 1. The smallest absolute Gasteiger partial charge is 0.307 e. The number of nitrogens with two attached hydrogens (primary N) is 1. The number of aliphatic carboxylic acids is 1. The Bertz CT molecular complexity index is 553. The lowest BCUT2D eigenvalue weighted by atomic mass is 10.2. The van der Waals surface area contributed by atoms with E-state index in [0.29, 0.717) is 11.4 Å². The number of anilines is 1. The van der Waals surface area contributed by atoms with E-state index < -0.39 is 11.9 Å². The Kier molecular flexibility index (Phi) is 3.23. The lowest BCUT2D eigenvalue weighted by Gasteiger charge is -2.02. The molecule has 1 heterocycles. The van der Waals surface area contributed by atoms with Gasteiger partial charge >= 0.3 is 5.97 Å². The summed E-state index contributed by atoms with van der Waals surface area (Å²) in [5.41, 5.74) is 8.05. The molecule has 1 atom stereocenters. The zero-order valence-electron chi connectivity index (χ0n) is 9.30. The highest BCUT2D eigenvalue weighted by molar-refractivity contribution is 7.99. The second kappa shape index (κ2) is 4.67. The Labute approximate surface area is 102 Å². The van der Waals surface area contributed by atoms with Gasteiger partial charge < -0.3 is 15.8 Å². The summed E-state index contributed by atoms with van der Waals surface area (Å²) in [5, 5.41) is 9.50. The van der Waals surface area contributed by atoms with E-state index in [0.717, 1.165) is 16.2 Å². The van der Waals surface area contributed by atoms with E-state index in [2.05, 4.69) is 9.97 Å². The predicted octanol–water partition coefficient (Wildman–Crippen LogP) is 1.96. The highest BCUT2D eigenvalue weighted by Gasteiger charge is 2.12. The molecule has 2 rings (SSSR count). The zero-order valence-corrected chi connectivity index (χ0v) is 10.1. The van der Waals surface area contributed by atoms with E-state index in [9.17, 15) is 4.79 Å². The number of carboxylic acid groups (broad SMARTS) is 1. The van der Waals surface area contributed by atoms with E-state index >= 15 is 0 Å². The third-order valence-electron chi connectivity index (χ3n) is 2.38. The van der Waals surface area contributed by atoms with Gasteiger partial charge in [0.25, 0.3) is 0 Å². The van der Waals surface area contributed by atoms with Crippen molar-refractivity contribution in [3.05, 3.63) is 18.2 Å². The van der Waals surface area contributed by atoms with Crippen molar-refractivity contribution in [1.29, 1.82) is 0 Å². The molecule has 90 valence electrons. The molecule has 0 spiro atoms. The molecule has 0 saturated carbocycles. The molecule has 0 amide bonds. The number of fused-ring (bicyclic) bond motifs is 1. The van der Waals surface area contributed by atoms with Gasteiger partial charge in [-0.1, -0.05) is 18.7 Å². The molecule has 0 fully saturated rings. The molecule has 1 unspecified atom stereocenters. The topological polar surface area (TPSA) is 92.0 Å². The quantitative estimate of drug-likeness (QED) is 0.570. The SMILES string of the molecule is CC(CSc1nc2ccc(N)cc2[nH]1)C(=O)O. The fraction of sp³-hybridized carbons (Fsp3) is 0.273. The van der Waals surface area contributed by atoms with Crippen molar-refractivity contribution < 1.29 is 9.90 Å². The molecule has 0 aliphatic heterocycles. The Morgan fingerprint density at radius 3 is 3.12 bits per heavy atom. The number of carbonyl (C=O) groups is 1. The summed E-state index contributed by atoms with van der Waals surface area (Å²) in [6.07, 6.45) is 0. The van der Waals surface area contributed by atoms with Crippen molar-refractivity contribution in [2.45, 2.75) is 12.1 Å². The van der Waals surface area contributed by atoms with Gasteiger partial charge in [0.1, 0.15) is 0 Å². The van der Waals surface area contributed by atoms with Crippen LogP contribution in [0.1, 0.15) is 6.92 Å². The summed E-state index contributed by atoms with van der Waals surface area (Å²) in [7, 11) is 0. The van der Waals surface area contributed by atoms with Crippen LogP contribution < -0.4 is 5.73 Å². The summed E-state index contributed by atoms with van der Waals surface area (Å²) in [6.45, 7) is 1.68. The van der Waals surface area contributed by atoms with E-state index in [4.69, 9.17) is 10.8 Å². The van der Waals surface area contributed by atoms with Gasteiger partial charge in [-0.25, -0.2) is 4.98 Å². The third kappa shape index (κ3) is 2.71. The maximum Gasteiger partial charge on any atom is 0.307 e. The predicted molar refractivity (Wildman–Crippen MR) is 68.0 cm³/mol. The molecule has 17 heavy (non-hydrogen) atoms. The number of aromatic amines is 1. The molecular weight excluding hydrogens is 238 g/mol. The second-order valence-corrected chi connectivity index (χ2v) is 4.88. The van der Waals surface area contributed by atoms with Crippen LogP contribution in [-0.4, -0.2) is 26.8 Å². The molecule has 0 bridgehead atoms. The van der Waals surface area contributed by atoms with Gasteiger partial charge in [0.05, 0.1) is 17.0 Å². The summed E-state index contributed by atoms with van der Waals surface area (Å²) < 4.78 is 0. The molecule has 1 aromatic carbocycles. The summed E-state index contributed by atoms with van der Waals surface area (Å²) in [4.78, 5) is 18.1. The number of nitrogens with zero attached hydrogens (tertiary/aromatic N) is 1. The van der Waals surface area contributed by atoms with Crippen LogP contribution >= 0.6 is 11.8 Å². The Morgan fingerprint density at radius 2 is 2.41 bits per heavy atom. The Balaban J connectivity index is 2.12. The van der Waals surface area contributed by atoms with Gasteiger partial charge in [-0.15, -0.1) is 0 Å². The van der Waals surface area contributed by atoms with E-state index in [1.165, 1.54) is 11.8 Å². The molecule has 1 aromatic heterocycles. The van der Waals surface area contributed by atoms with Crippen LogP contribution in [0.5, 0.6) is 0 Å². The fourth-order valence-electron chi connectivity index (χ4n) is 1.35. The number of H-pyrrole nitrogens is 1. The van der Waals surface area contributed by atoms with Gasteiger partial charge in [-0.05, 0) is 18.2 Å². The van der Waals surface area contributed by atoms with Crippen LogP contribution in [0.3, 0.4) is 0 Å². The Morgan fingerprint density at radius 1 is 1.65 bits per heavy atom. The normalized spacial score (nSPS) is 12.8. The first-order valence-electron chi connectivity index (χ1n) is 5.17. The van der Waals surface area contributed by atoms with Crippen LogP contribution in [-0.2, 0) is 4.79 Å². The molecule has 4 N–H and O–H groups in total. The second-order valence-electron chi connectivity index (χ2n) is 3.87. The minimum absolute atomic E-state index is 0.390. The third-order valence-corrected chi connectivity index (χ3v) is 3.51. The zero-order chi connectivity index (χ0) is 12.4. The van der Waals surface area contributed by atoms with Crippen LogP contribution in [0, 0.1) is 5.92 Å². The largest absolute Gasteiger partial charge is 0.481 e. The number of aromatic nitrogens is 2. The number of benzene rings is 1. The van der Waals surface area contributed by atoms with E-state index in [-0.39, 0.29) is 0 Å². The molecular formula is C11H13N3O2S. The number of carboxylic acids is 1. The fourth-order valence-corrected chi connectivity index (χ4v) is 2.24. The van der Waals surface area contributed by atoms with Crippen molar-refractivity contribution in [2.75, 3.05) is 11.5 Å². The van der Waals surface area contributed by atoms with E-state index in [1.54, 1.807) is 13.0 Å². The molecule has 0 aliphatic carbocycles. The molecule has 6 heteroatoms. The van der Waals surface area contributed by atoms with Gasteiger partial charge in [0.15, 0.2) is 5.16 Å². The monoisotopic (exact) mass is 251 g/mol. The summed E-state index contributed by atoms with van der Waals surface area (Å²) in [5.74, 6) is -0.693. The molecule has 5 nitrogen and oxygen atoms in total. The summed E-state index contributed by atoms with van der Waals surface area (Å²) in [6, 6.07) is 5.44. The number of hydrogen-bond donors (Lipinski definition) is 3. The van der Waals surface area contributed by atoms with Crippen LogP contribution in [0.15, 0.2) is 23.4 Å². The first-order valence-corrected chi connectivity index (χ1v) is 6.15. The lowest BCUT2D eigenvalue weighted by molar-refractivity contribution is -0.140. The first-order chi connectivity index (χ1) is 8.06. The van der Waals surface area contributed by atoms with Crippen LogP contribution in [0.25, 0.3) is 11.0 Å². The lowest BCUT2D eigenvalue weighted by Crippen LogP contribution is -2.11. The average Bonchev–Trinajstić information content (AvgIpc) is 2.67. The number of nitrogens with one attached hydrogen (secondary N) is 1.